The minimum Gasteiger partial charge on any atom is -0.392 e. The molecule has 0 spiro atoms. The predicted molar refractivity (Wildman–Crippen MR) is 80.2 cm³/mol. The van der Waals surface area contributed by atoms with Crippen LogP contribution in [0.15, 0.2) is 52.3 Å². The monoisotopic (exact) mass is 271 g/mol. The van der Waals surface area contributed by atoms with Crippen LogP contribution in [0.25, 0.3) is 0 Å². The highest BCUT2D eigenvalue weighted by Gasteiger charge is 2.24. The van der Waals surface area contributed by atoms with Crippen LogP contribution in [-0.4, -0.2) is 11.1 Å². The van der Waals surface area contributed by atoms with E-state index >= 15 is 0 Å². The van der Waals surface area contributed by atoms with Gasteiger partial charge in [0.05, 0.1) is 18.0 Å². The van der Waals surface area contributed by atoms with Crippen LogP contribution in [0.5, 0.6) is 0 Å². The topological polar surface area (TPSA) is 23.5 Å². The Balaban J connectivity index is 2.16. The summed E-state index contributed by atoms with van der Waals surface area (Å²) >= 11 is 1.78. The lowest BCUT2D eigenvalue weighted by Crippen LogP contribution is -2.28. The zero-order chi connectivity index (χ0) is 13.4. The Kier molecular flexibility index (Phi) is 3.25. The fraction of sp³-hybridized carbons (Fsp3) is 0.250. The molecule has 0 unspecified atom stereocenters. The summed E-state index contributed by atoms with van der Waals surface area (Å²) in [4.78, 5) is 4.86. The van der Waals surface area contributed by atoms with Crippen LogP contribution in [0.4, 0.5) is 11.4 Å². The largest absolute Gasteiger partial charge is 0.392 e. The molecule has 19 heavy (non-hydrogen) atoms. The van der Waals surface area contributed by atoms with Gasteiger partial charge in [0.15, 0.2) is 0 Å². The molecule has 0 amide bonds. The van der Waals surface area contributed by atoms with Crippen LogP contribution in [-0.2, 0) is 6.61 Å². The molecule has 0 bridgehead atoms. The first-order chi connectivity index (χ1) is 9.20. The lowest BCUT2D eigenvalue weighted by atomic mass is 10.1. The first-order valence-corrected chi connectivity index (χ1v) is 7.32. The Bertz CT molecular complexity index is 609. The summed E-state index contributed by atoms with van der Waals surface area (Å²) < 4.78 is 0. The number of fused-ring (bicyclic) bond motifs is 2. The number of hydrogen-bond acceptors (Lipinski definition) is 3. The molecule has 0 saturated heterocycles. The normalized spacial score (nSPS) is 13.4. The highest BCUT2D eigenvalue weighted by atomic mass is 32.2. The maximum Gasteiger partial charge on any atom is 0.0682 e. The molecule has 1 aliphatic heterocycles. The van der Waals surface area contributed by atoms with Gasteiger partial charge >= 0.3 is 0 Å². The molecule has 0 atom stereocenters. The van der Waals surface area contributed by atoms with Crippen molar-refractivity contribution < 1.29 is 5.11 Å². The van der Waals surface area contributed by atoms with Gasteiger partial charge in [0.1, 0.15) is 0 Å². The summed E-state index contributed by atoms with van der Waals surface area (Å²) in [6, 6.07) is 15.1. The van der Waals surface area contributed by atoms with Crippen molar-refractivity contribution >= 4 is 23.1 Å². The van der Waals surface area contributed by atoms with Crippen molar-refractivity contribution in [1.82, 2.24) is 0 Å². The molecule has 0 radical (unpaired) electrons. The van der Waals surface area contributed by atoms with Crippen LogP contribution >= 0.6 is 11.8 Å². The minimum absolute atomic E-state index is 0.0944. The van der Waals surface area contributed by atoms with Crippen molar-refractivity contribution in [3.05, 3.63) is 48.0 Å². The van der Waals surface area contributed by atoms with Crippen LogP contribution in [0.1, 0.15) is 19.4 Å². The average Bonchev–Trinajstić information content (AvgIpc) is 2.43. The van der Waals surface area contributed by atoms with Gasteiger partial charge in [0.25, 0.3) is 0 Å². The third-order valence-electron chi connectivity index (χ3n) is 3.33. The molecule has 0 fully saturated rings. The summed E-state index contributed by atoms with van der Waals surface area (Å²) in [6.45, 7) is 4.50. The van der Waals surface area contributed by atoms with Crippen molar-refractivity contribution in [1.29, 1.82) is 0 Å². The molecule has 0 saturated carbocycles. The Morgan fingerprint density at radius 1 is 1.05 bits per heavy atom. The fourth-order valence-electron chi connectivity index (χ4n) is 2.48. The molecule has 1 aliphatic rings. The molecule has 0 aromatic heterocycles. The molecule has 3 heteroatoms. The van der Waals surface area contributed by atoms with Crippen molar-refractivity contribution in [2.24, 2.45) is 0 Å². The number of hydrogen-bond donors (Lipinski definition) is 1. The second kappa shape index (κ2) is 4.91. The number of anilines is 2. The van der Waals surface area contributed by atoms with E-state index in [-0.39, 0.29) is 6.61 Å². The molecule has 0 aliphatic carbocycles. The molecule has 2 aromatic rings. The molecule has 2 aromatic carbocycles. The SMILES string of the molecule is CC(C)N1c2ccccc2Sc2cc(CO)ccc21. The number of rotatable bonds is 2. The fourth-order valence-corrected chi connectivity index (χ4v) is 3.62. The van der Waals surface area contributed by atoms with Gasteiger partial charge in [-0.05, 0) is 43.7 Å². The average molecular weight is 271 g/mol. The van der Waals surface area contributed by atoms with E-state index in [4.69, 9.17) is 0 Å². The van der Waals surface area contributed by atoms with Gasteiger partial charge in [-0.2, -0.15) is 0 Å². The van der Waals surface area contributed by atoms with Crippen molar-refractivity contribution in [3.63, 3.8) is 0 Å². The van der Waals surface area contributed by atoms with Gasteiger partial charge in [-0.1, -0.05) is 30.0 Å². The minimum atomic E-state index is 0.0944. The van der Waals surface area contributed by atoms with Crippen molar-refractivity contribution in [2.45, 2.75) is 36.3 Å². The van der Waals surface area contributed by atoms with E-state index in [1.807, 2.05) is 6.07 Å². The van der Waals surface area contributed by atoms with E-state index in [2.05, 4.69) is 55.1 Å². The lowest BCUT2D eigenvalue weighted by Gasteiger charge is -2.36. The Hall–Kier alpha value is -1.45. The second-order valence-corrected chi connectivity index (χ2v) is 6.08. The molecule has 3 rings (SSSR count). The molecular formula is C16H17NOS. The van der Waals surface area contributed by atoms with Gasteiger partial charge in [0, 0.05) is 15.8 Å². The first-order valence-electron chi connectivity index (χ1n) is 6.50. The predicted octanol–water partition coefficient (Wildman–Crippen LogP) is 4.19. The standard InChI is InChI=1S/C16H17NOS/c1-11(2)17-13-5-3-4-6-15(13)19-16-9-12(10-18)7-8-14(16)17/h3-9,11,18H,10H2,1-2H3. The van der Waals surface area contributed by atoms with Gasteiger partial charge in [-0.3, -0.25) is 0 Å². The molecule has 1 heterocycles. The van der Waals surface area contributed by atoms with E-state index in [1.54, 1.807) is 11.8 Å². The van der Waals surface area contributed by atoms with Gasteiger partial charge in [-0.25, -0.2) is 0 Å². The summed E-state index contributed by atoms with van der Waals surface area (Å²) in [6.07, 6.45) is 0. The summed E-state index contributed by atoms with van der Waals surface area (Å²) in [7, 11) is 0. The van der Waals surface area contributed by atoms with Crippen LogP contribution in [0.2, 0.25) is 0 Å². The molecule has 2 nitrogen and oxygen atoms in total. The smallest absolute Gasteiger partial charge is 0.0682 e. The number of nitrogens with zero attached hydrogens (tertiary/aromatic N) is 1. The molecular weight excluding hydrogens is 254 g/mol. The lowest BCUT2D eigenvalue weighted by molar-refractivity contribution is 0.281. The molecule has 1 N–H and O–H groups in total. The third kappa shape index (κ3) is 2.13. The third-order valence-corrected chi connectivity index (χ3v) is 4.44. The van der Waals surface area contributed by atoms with Gasteiger partial charge in [-0.15, -0.1) is 0 Å². The number of para-hydroxylation sites is 1. The Morgan fingerprint density at radius 3 is 2.53 bits per heavy atom. The highest BCUT2D eigenvalue weighted by molar-refractivity contribution is 7.99. The quantitative estimate of drug-likeness (QED) is 0.886. The Morgan fingerprint density at radius 2 is 1.79 bits per heavy atom. The van der Waals surface area contributed by atoms with E-state index in [9.17, 15) is 5.11 Å². The van der Waals surface area contributed by atoms with E-state index in [1.165, 1.54) is 21.2 Å². The van der Waals surface area contributed by atoms with Crippen molar-refractivity contribution in [2.75, 3.05) is 4.90 Å². The van der Waals surface area contributed by atoms with Gasteiger partial charge in [0.2, 0.25) is 0 Å². The first kappa shape index (κ1) is 12.6. The van der Waals surface area contributed by atoms with Gasteiger partial charge < -0.3 is 10.0 Å². The maximum absolute atomic E-state index is 9.29. The highest BCUT2D eigenvalue weighted by Crippen LogP contribution is 2.49. The maximum atomic E-state index is 9.29. The van der Waals surface area contributed by atoms with E-state index in [0.29, 0.717) is 6.04 Å². The second-order valence-electron chi connectivity index (χ2n) is 4.99. The van der Waals surface area contributed by atoms with Crippen LogP contribution in [0.3, 0.4) is 0 Å². The summed E-state index contributed by atoms with van der Waals surface area (Å²) in [5.74, 6) is 0. The summed E-state index contributed by atoms with van der Waals surface area (Å²) in [5, 5.41) is 9.29. The van der Waals surface area contributed by atoms with Crippen LogP contribution < -0.4 is 4.90 Å². The zero-order valence-corrected chi connectivity index (χ0v) is 11.9. The number of aliphatic hydroxyl groups excluding tert-OH is 1. The number of benzene rings is 2. The number of aliphatic hydroxyl groups is 1. The zero-order valence-electron chi connectivity index (χ0n) is 11.1. The van der Waals surface area contributed by atoms with E-state index in [0.717, 1.165) is 5.56 Å². The Labute approximate surface area is 118 Å². The van der Waals surface area contributed by atoms with Crippen LogP contribution in [0, 0.1) is 0 Å². The molecule has 98 valence electrons. The van der Waals surface area contributed by atoms with E-state index < -0.39 is 0 Å². The van der Waals surface area contributed by atoms with Crippen molar-refractivity contribution in [3.8, 4) is 0 Å². The summed E-state index contributed by atoms with van der Waals surface area (Å²) in [5.41, 5.74) is 3.47.